The van der Waals surface area contributed by atoms with E-state index in [4.69, 9.17) is 16.3 Å². The number of rotatable bonds is 6. The molecule has 3 aromatic rings. The van der Waals surface area contributed by atoms with Gasteiger partial charge in [-0.2, -0.15) is 5.10 Å². The van der Waals surface area contributed by atoms with Gasteiger partial charge in [-0.05, 0) is 26.0 Å². The number of nitro benzene ring substituents is 1. The largest absolute Gasteiger partial charge is 0.457 e. The lowest BCUT2D eigenvalue weighted by Gasteiger charge is -2.10. The Bertz CT molecular complexity index is 1010. The molecule has 0 unspecified atom stereocenters. The van der Waals surface area contributed by atoms with Crippen molar-refractivity contribution in [2.24, 2.45) is 0 Å². The van der Waals surface area contributed by atoms with Crippen molar-refractivity contribution in [3.8, 4) is 11.5 Å². The first-order valence-corrected chi connectivity index (χ1v) is 8.71. The van der Waals surface area contributed by atoms with Crippen LogP contribution < -0.4 is 10.1 Å². The Hall–Kier alpha value is -3.39. The Labute approximate surface area is 165 Å². The first-order valence-electron chi connectivity index (χ1n) is 8.33. The summed E-state index contributed by atoms with van der Waals surface area (Å²) in [6.45, 7) is 3.59. The highest BCUT2D eigenvalue weighted by molar-refractivity contribution is 6.31. The van der Waals surface area contributed by atoms with Gasteiger partial charge >= 0.3 is 0 Å². The number of carbonyl (C=O) groups is 1. The highest BCUT2D eigenvalue weighted by atomic mass is 35.5. The number of aromatic nitrogens is 2. The van der Waals surface area contributed by atoms with Gasteiger partial charge in [-0.3, -0.25) is 19.6 Å². The minimum Gasteiger partial charge on any atom is -0.457 e. The number of non-ortho nitro benzene ring substituents is 1. The smallest absolute Gasteiger partial charge is 0.275 e. The van der Waals surface area contributed by atoms with Crippen molar-refractivity contribution in [1.29, 1.82) is 0 Å². The van der Waals surface area contributed by atoms with Crippen LogP contribution in [0.5, 0.6) is 11.5 Å². The highest BCUT2D eigenvalue weighted by Crippen LogP contribution is 2.30. The molecule has 0 bridgehead atoms. The summed E-state index contributed by atoms with van der Waals surface area (Å²) in [6.07, 6.45) is 1.54. The Morgan fingerprint density at radius 2 is 1.93 bits per heavy atom. The van der Waals surface area contributed by atoms with Crippen molar-refractivity contribution in [1.82, 2.24) is 9.78 Å². The maximum atomic E-state index is 12.3. The van der Waals surface area contributed by atoms with Crippen LogP contribution in [0.25, 0.3) is 0 Å². The van der Waals surface area contributed by atoms with E-state index < -0.39 is 10.8 Å². The molecule has 0 fully saturated rings. The standard InChI is InChI=1S/C19H17ClN4O4/c1-12-3-5-16(6-4-12)28-17-8-14(7-15(9-17)24(26)27)21-19(25)11-23-10-18(20)13(2)22-23/h3-10H,11H2,1-2H3,(H,21,25). The number of nitrogens with zero attached hydrogens (tertiary/aromatic N) is 3. The molecule has 1 N–H and O–H groups in total. The molecule has 9 heteroatoms. The molecule has 0 radical (unpaired) electrons. The van der Waals surface area contributed by atoms with Crippen LogP contribution in [0.4, 0.5) is 11.4 Å². The molecule has 0 aliphatic carbocycles. The molecule has 0 atom stereocenters. The molecule has 0 saturated carbocycles. The number of halogens is 1. The summed E-state index contributed by atoms with van der Waals surface area (Å²) in [4.78, 5) is 22.9. The monoisotopic (exact) mass is 400 g/mol. The lowest BCUT2D eigenvalue weighted by Crippen LogP contribution is -2.19. The van der Waals surface area contributed by atoms with Crippen LogP contribution in [0.3, 0.4) is 0 Å². The van der Waals surface area contributed by atoms with Crippen LogP contribution in [0, 0.1) is 24.0 Å². The van der Waals surface area contributed by atoms with Crippen LogP contribution in [-0.4, -0.2) is 20.6 Å². The molecular formula is C19H17ClN4O4. The van der Waals surface area contributed by atoms with Gasteiger partial charge in [0.05, 0.1) is 27.4 Å². The van der Waals surface area contributed by atoms with E-state index in [2.05, 4.69) is 10.4 Å². The summed E-state index contributed by atoms with van der Waals surface area (Å²) < 4.78 is 7.09. The molecule has 0 spiro atoms. The lowest BCUT2D eigenvalue weighted by molar-refractivity contribution is -0.384. The summed E-state index contributed by atoms with van der Waals surface area (Å²) >= 11 is 5.93. The SMILES string of the molecule is Cc1ccc(Oc2cc(NC(=O)Cn3cc(Cl)c(C)n3)cc([N+](=O)[O-])c2)cc1. The first-order chi connectivity index (χ1) is 13.3. The number of anilines is 1. The Morgan fingerprint density at radius 1 is 1.21 bits per heavy atom. The zero-order valence-corrected chi connectivity index (χ0v) is 15.9. The van der Waals surface area contributed by atoms with Gasteiger partial charge in [0.2, 0.25) is 5.91 Å². The third-order valence-corrected chi connectivity index (χ3v) is 4.21. The molecule has 144 valence electrons. The lowest BCUT2D eigenvalue weighted by atomic mass is 10.2. The van der Waals surface area contributed by atoms with E-state index in [1.165, 1.54) is 29.1 Å². The summed E-state index contributed by atoms with van der Waals surface area (Å²) in [5.41, 5.74) is 1.72. The van der Waals surface area contributed by atoms with Crippen LogP contribution >= 0.6 is 11.6 Å². The normalized spacial score (nSPS) is 10.5. The Morgan fingerprint density at radius 3 is 2.54 bits per heavy atom. The Balaban J connectivity index is 1.79. The second-order valence-corrected chi connectivity index (χ2v) is 6.60. The van der Waals surface area contributed by atoms with Gasteiger partial charge in [-0.15, -0.1) is 0 Å². The van der Waals surface area contributed by atoms with Crippen LogP contribution in [0.1, 0.15) is 11.3 Å². The molecule has 3 rings (SSSR count). The van der Waals surface area contributed by atoms with Crippen molar-refractivity contribution in [3.05, 3.63) is 75.1 Å². The molecule has 1 amide bonds. The van der Waals surface area contributed by atoms with E-state index in [1.807, 2.05) is 19.1 Å². The number of hydrogen-bond acceptors (Lipinski definition) is 5. The molecule has 1 aromatic heterocycles. The zero-order chi connectivity index (χ0) is 20.3. The topological polar surface area (TPSA) is 99.3 Å². The van der Waals surface area contributed by atoms with Gasteiger partial charge in [0.1, 0.15) is 18.0 Å². The van der Waals surface area contributed by atoms with Gasteiger partial charge in [-0.25, -0.2) is 0 Å². The maximum Gasteiger partial charge on any atom is 0.275 e. The van der Waals surface area contributed by atoms with E-state index in [9.17, 15) is 14.9 Å². The number of carbonyl (C=O) groups excluding carboxylic acids is 1. The van der Waals surface area contributed by atoms with Crippen LogP contribution in [0.2, 0.25) is 5.02 Å². The molecular weight excluding hydrogens is 384 g/mol. The van der Waals surface area contributed by atoms with E-state index in [0.29, 0.717) is 16.5 Å². The number of aryl methyl sites for hydroxylation is 2. The number of benzene rings is 2. The minimum absolute atomic E-state index is 0.0790. The average molecular weight is 401 g/mol. The molecule has 0 saturated heterocycles. The van der Waals surface area contributed by atoms with Crippen LogP contribution in [0.15, 0.2) is 48.7 Å². The fourth-order valence-electron chi connectivity index (χ4n) is 2.48. The highest BCUT2D eigenvalue weighted by Gasteiger charge is 2.14. The second kappa shape index (κ2) is 8.10. The summed E-state index contributed by atoms with van der Waals surface area (Å²) in [5, 5.41) is 18.4. The summed E-state index contributed by atoms with van der Waals surface area (Å²) in [7, 11) is 0. The van der Waals surface area contributed by atoms with Gasteiger partial charge in [0.15, 0.2) is 0 Å². The number of ether oxygens (including phenoxy) is 1. The zero-order valence-electron chi connectivity index (χ0n) is 15.2. The third-order valence-electron chi connectivity index (χ3n) is 3.83. The predicted octanol–water partition coefficient (Wildman–Crippen LogP) is 4.49. The minimum atomic E-state index is -0.547. The van der Waals surface area contributed by atoms with Gasteiger partial charge in [0.25, 0.3) is 5.69 Å². The first kappa shape index (κ1) is 19.4. The van der Waals surface area contributed by atoms with Crippen molar-refractivity contribution < 1.29 is 14.5 Å². The van der Waals surface area contributed by atoms with Crippen LogP contribution in [-0.2, 0) is 11.3 Å². The molecule has 8 nitrogen and oxygen atoms in total. The van der Waals surface area contributed by atoms with Crippen molar-refractivity contribution in [2.75, 3.05) is 5.32 Å². The number of hydrogen-bond donors (Lipinski definition) is 1. The fraction of sp³-hybridized carbons (Fsp3) is 0.158. The number of amides is 1. The van der Waals surface area contributed by atoms with Crippen molar-refractivity contribution >= 4 is 28.9 Å². The van der Waals surface area contributed by atoms with E-state index in [0.717, 1.165) is 5.56 Å². The van der Waals surface area contributed by atoms with Gasteiger partial charge in [-0.1, -0.05) is 29.3 Å². The second-order valence-electron chi connectivity index (χ2n) is 6.20. The molecule has 0 aliphatic rings. The quantitative estimate of drug-likeness (QED) is 0.485. The van der Waals surface area contributed by atoms with E-state index in [-0.39, 0.29) is 23.7 Å². The molecule has 0 aliphatic heterocycles. The summed E-state index contributed by atoms with van der Waals surface area (Å²) in [5.74, 6) is 0.373. The molecule has 2 aromatic carbocycles. The molecule has 1 heterocycles. The predicted molar refractivity (Wildman–Crippen MR) is 105 cm³/mol. The molecule has 28 heavy (non-hydrogen) atoms. The van der Waals surface area contributed by atoms with Crippen molar-refractivity contribution in [3.63, 3.8) is 0 Å². The number of nitro groups is 1. The van der Waals surface area contributed by atoms with E-state index in [1.54, 1.807) is 19.1 Å². The van der Waals surface area contributed by atoms with E-state index >= 15 is 0 Å². The maximum absolute atomic E-state index is 12.3. The van der Waals surface area contributed by atoms with Gasteiger partial charge < -0.3 is 10.1 Å². The third kappa shape index (κ3) is 4.86. The number of nitrogens with one attached hydrogen (secondary N) is 1. The summed E-state index contributed by atoms with van der Waals surface area (Å²) in [6, 6.07) is 11.3. The fourth-order valence-corrected chi connectivity index (χ4v) is 2.63. The van der Waals surface area contributed by atoms with Gasteiger partial charge in [0, 0.05) is 18.3 Å². The van der Waals surface area contributed by atoms with Crippen molar-refractivity contribution in [2.45, 2.75) is 20.4 Å². The Kier molecular flexibility index (Phi) is 5.60. The average Bonchev–Trinajstić information content (AvgIpc) is 2.93.